The zero-order chi connectivity index (χ0) is 16.8. The van der Waals surface area contributed by atoms with Crippen LogP contribution in [0.15, 0.2) is 65.8 Å². The number of nitrogens with zero attached hydrogens (tertiary/aromatic N) is 4. The van der Waals surface area contributed by atoms with Gasteiger partial charge in [-0.05, 0) is 0 Å². The normalized spacial score (nSPS) is 10.2. The number of oxime groups is 1. The molecule has 122 valence electrons. The van der Waals surface area contributed by atoms with Crippen LogP contribution in [0, 0.1) is 0 Å². The third-order valence-corrected chi connectivity index (χ3v) is 3.34. The molecule has 8 nitrogen and oxygen atoms in total. The Labute approximate surface area is 138 Å². The number of hydrazine groups is 1. The van der Waals surface area contributed by atoms with Crippen LogP contribution in [-0.2, 0) is 11.4 Å². The second-order valence-electron chi connectivity index (χ2n) is 4.90. The molecule has 1 aromatic heterocycles. The standard InChI is InChI=1S/C16H17N7O/c17-19-16-21-20-14(23(16)18)11-24-22-15(12-7-3-1-4-8-12)13-9-5-2-6-10-13/h1-10H,11,17-18H2,(H,19,21). The smallest absolute Gasteiger partial charge is 0.257 e. The van der Waals surface area contributed by atoms with Crippen LogP contribution in [0.1, 0.15) is 17.0 Å². The fraction of sp³-hybridized carbons (Fsp3) is 0.0625. The minimum Gasteiger partial charge on any atom is -0.387 e. The monoisotopic (exact) mass is 323 g/mol. The fourth-order valence-electron chi connectivity index (χ4n) is 2.14. The van der Waals surface area contributed by atoms with Crippen molar-refractivity contribution in [1.82, 2.24) is 14.9 Å². The first kappa shape index (κ1) is 15.5. The summed E-state index contributed by atoms with van der Waals surface area (Å²) in [6.45, 7) is 0.0638. The van der Waals surface area contributed by atoms with Gasteiger partial charge in [-0.3, -0.25) is 5.43 Å². The lowest BCUT2D eigenvalue weighted by Crippen LogP contribution is -2.20. The van der Waals surface area contributed by atoms with E-state index >= 15 is 0 Å². The first-order valence-corrected chi connectivity index (χ1v) is 7.26. The van der Waals surface area contributed by atoms with Crippen LogP contribution < -0.4 is 17.1 Å². The number of nitrogens with one attached hydrogen (secondary N) is 1. The van der Waals surface area contributed by atoms with E-state index in [0.717, 1.165) is 16.8 Å². The molecule has 0 spiro atoms. The molecule has 0 fully saturated rings. The van der Waals surface area contributed by atoms with Gasteiger partial charge in [-0.1, -0.05) is 65.8 Å². The largest absolute Gasteiger partial charge is 0.387 e. The van der Waals surface area contributed by atoms with Crippen molar-refractivity contribution in [1.29, 1.82) is 0 Å². The topological polar surface area (TPSA) is 116 Å². The Balaban J connectivity index is 1.83. The van der Waals surface area contributed by atoms with Gasteiger partial charge in [0.05, 0.1) is 0 Å². The lowest BCUT2D eigenvalue weighted by atomic mass is 10.0. The molecule has 0 saturated carbocycles. The molecule has 0 radical (unpaired) electrons. The third-order valence-electron chi connectivity index (χ3n) is 3.34. The number of hydrogen-bond donors (Lipinski definition) is 3. The summed E-state index contributed by atoms with van der Waals surface area (Å²) in [5.41, 5.74) is 4.95. The van der Waals surface area contributed by atoms with Gasteiger partial charge in [0.2, 0.25) is 0 Å². The van der Waals surface area contributed by atoms with Crippen molar-refractivity contribution in [2.24, 2.45) is 11.0 Å². The molecule has 5 N–H and O–H groups in total. The Morgan fingerprint density at radius 2 is 1.58 bits per heavy atom. The van der Waals surface area contributed by atoms with Crippen LogP contribution >= 0.6 is 0 Å². The van der Waals surface area contributed by atoms with Crippen molar-refractivity contribution in [2.45, 2.75) is 6.61 Å². The van der Waals surface area contributed by atoms with E-state index in [2.05, 4.69) is 20.8 Å². The number of nitrogen functional groups attached to an aromatic ring is 2. The van der Waals surface area contributed by atoms with Crippen LogP contribution in [-0.4, -0.2) is 20.6 Å². The number of aromatic nitrogens is 3. The Morgan fingerprint density at radius 1 is 1.00 bits per heavy atom. The van der Waals surface area contributed by atoms with E-state index in [1.54, 1.807) is 0 Å². The van der Waals surface area contributed by atoms with Crippen LogP contribution in [0.5, 0.6) is 0 Å². The summed E-state index contributed by atoms with van der Waals surface area (Å²) in [6, 6.07) is 19.6. The number of anilines is 1. The summed E-state index contributed by atoms with van der Waals surface area (Å²) in [5, 5.41) is 11.9. The number of rotatable bonds is 6. The first-order chi connectivity index (χ1) is 11.8. The molecular weight excluding hydrogens is 306 g/mol. The molecule has 0 atom stereocenters. The van der Waals surface area contributed by atoms with Crippen molar-refractivity contribution < 1.29 is 4.84 Å². The highest BCUT2D eigenvalue weighted by Crippen LogP contribution is 2.12. The molecule has 0 amide bonds. The van der Waals surface area contributed by atoms with Gasteiger partial charge in [-0.2, -0.15) is 0 Å². The minimum absolute atomic E-state index is 0.0638. The highest BCUT2D eigenvalue weighted by Gasteiger charge is 2.10. The summed E-state index contributed by atoms with van der Waals surface area (Å²) in [5.74, 6) is 11.7. The SMILES string of the molecule is NNc1nnc(CON=C(c2ccccc2)c2ccccc2)n1N. The van der Waals surface area contributed by atoms with Gasteiger partial charge >= 0.3 is 0 Å². The van der Waals surface area contributed by atoms with Gasteiger partial charge in [0.1, 0.15) is 5.71 Å². The van der Waals surface area contributed by atoms with Gasteiger partial charge in [0, 0.05) is 11.1 Å². The summed E-state index contributed by atoms with van der Waals surface area (Å²) in [6.07, 6.45) is 0. The highest BCUT2D eigenvalue weighted by atomic mass is 16.6. The summed E-state index contributed by atoms with van der Waals surface area (Å²) in [4.78, 5) is 5.45. The zero-order valence-corrected chi connectivity index (χ0v) is 12.8. The van der Waals surface area contributed by atoms with E-state index in [4.69, 9.17) is 16.5 Å². The Hall–Kier alpha value is -3.39. The molecule has 0 aliphatic rings. The maximum Gasteiger partial charge on any atom is 0.257 e. The quantitative estimate of drug-likeness (QED) is 0.357. The van der Waals surface area contributed by atoms with Crippen molar-refractivity contribution in [3.63, 3.8) is 0 Å². The third kappa shape index (κ3) is 3.33. The molecule has 24 heavy (non-hydrogen) atoms. The fourth-order valence-corrected chi connectivity index (χ4v) is 2.14. The van der Waals surface area contributed by atoms with E-state index in [1.165, 1.54) is 4.68 Å². The Morgan fingerprint density at radius 3 is 2.08 bits per heavy atom. The van der Waals surface area contributed by atoms with Gasteiger partial charge in [0.15, 0.2) is 12.4 Å². The lowest BCUT2D eigenvalue weighted by Gasteiger charge is -2.07. The first-order valence-electron chi connectivity index (χ1n) is 7.26. The maximum absolute atomic E-state index is 5.77. The Bertz CT molecular complexity index is 773. The average molecular weight is 323 g/mol. The number of hydrogen-bond acceptors (Lipinski definition) is 7. The second kappa shape index (κ2) is 7.25. The molecule has 0 bridgehead atoms. The van der Waals surface area contributed by atoms with Gasteiger partial charge in [0.25, 0.3) is 5.95 Å². The summed E-state index contributed by atoms with van der Waals surface area (Å²) in [7, 11) is 0. The summed E-state index contributed by atoms with van der Waals surface area (Å²) >= 11 is 0. The zero-order valence-electron chi connectivity index (χ0n) is 12.8. The predicted octanol–water partition coefficient (Wildman–Crippen LogP) is 1.25. The molecular formula is C16H17N7O. The van der Waals surface area contributed by atoms with Crippen LogP contribution in [0.2, 0.25) is 0 Å². The Kier molecular flexibility index (Phi) is 4.68. The molecule has 8 heteroatoms. The molecule has 2 aromatic carbocycles. The van der Waals surface area contributed by atoms with Crippen LogP contribution in [0.4, 0.5) is 5.95 Å². The minimum atomic E-state index is 0.0638. The summed E-state index contributed by atoms with van der Waals surface area (Å²) < 4.78 is 1.21. The lowest BCUT2D eigenvalue weighted by molar-refractivity contribution is 0.123. The van der Waals surface area contributed by atoms with Crippen molar-refractivity contribution in [3.8, 4) is 0 Å². The predicted molar refractivity (Wildman–Crippen MR) is 91.3 cm³/mol. The molecule has 3 aromatic rings. The van der Waals surface area contributed by atoms with E-state index in [0.29, 0.717) is 5.82 Å². The molecule has 0 unspecified atom stereocenters. The van der Waals surface area contributed by atoms with Gasteiger partial charge in [-0.15, -0.1) is 10.2 Å². The number of nitrogens with two attached hydrogens (primary N) is 2. The van der Waals surface area contributed by atoms with E-state index in [9.17, 15) is 0 Å². The van der Waals surface area contributed by atoms with E-state index in [-0.39, 0.29) is 12.6 Å². The van der Waals surface area contributed by atoms with Crippen molar-refractivity contribution in [3.05, 3.63) is 77.6 Å². The molecule has 0 saturated heterocycles. The van der Waals surface area contributed by atoms with Crippen molar-refractivity contribution in [2.75, 3.05) is 11.3 Å². The van der Waals surface area contributed by atoms with E-state index < -0.39 is 0 Å². The van der Waals surface area contributed by atoms with Gasteiger partial charge in [-0.25, -0.2) is 10.5 Å². The number of benzene rings is 2. The van der Waals surface area contributed by atoms with Gasteiger partial charge < -0.3 is 10.7 Å². The van der Waals surface area contributed by atoms with Crippen LogP contribution in [0.3, 0.4) is 0 Å². The van der Waals surface area contributed by atoms with E-state index in [1.807, 2.05) is 60.7 Å². The highest BCUT2D eigenvalue weighted by molar-refractivity contribution is 6.12. The maximum atomic E-state index is 5.77. The molecule has 0 aliphatic carbocycles. The molecule has 0 aliphatic heterocycles. The average Bonchev–Trinajstić information content (AvgIpc) is 3.00. The van der Waals surface area contributed by atoms with Crippen LogP contribution in [0.25, 0.3) is 0 Å². The molecule has 3 rings (SSSR count). The second-order valence-corrected chi connectivity index (χ2v) is 4.90. The molecule has 1 heterocycles. The van der Waals surface area contributed by atoms with Crippen molar-refractivity contribution >= 4 is 11.7 Å².